The van der Waals surface area contributed by atoms with Crippen LogP contribution < -0.4 is 0 Å². The number of ketones is 1. The molecule has 0 saturated heterocycles. The molecular formula is C11H9BrO3. The molecule has 0 spiro atoms. The van der Waals surface area contributed by atoms with Crippen LogP contribution in [0, 0.1) is 0 Å². The Morgan fingerprint density at radius 1 is 1.33 bits per heavy atom. The molecule has 4 heteroatoms. The Hall–Kier alpha value is -1.29. The van der Waals surface area contributed by atoms with Gasteiger partial charge in [-0.15, -0.1) is 0 Å². The average molecular weight is 269 g/mol. The summed E-state index contributed by atoms with van der Waals surface area (Å²) in [5, 5.41) is 0. The fraction of sp³-hybridized carbons (Fsp3) is 0.182. The third-order valence-corrected chi connectivity index (χ3v) is 2.38. The Morgan fingerprint density at radius 3 is 2.47 bits per heavy atom. The van der Waals surface area contributed by atoms with E-state index in [9.17, 15) is 14.4 Å². The van der Waals surface area contributed by atoms with Gasteiger partial charge in [-0.2, -0.15) is 0 Å². The standard InChI is InChI=1S/C11H9BrO3/c1-7(12)11(15)10-3-2-8(5-13)4-9(10)6-14/h2-7H,1H3. The van der Waals surface area contributed by atoms with Crippen LogP contribution in [-0.4, -0.2) is 23.2 Å². The average Bonchev–Trinajstić information content (AvgIpc) is 2.27. The molecule has 1 unspecified atom stereocenters. The molecule has 1 rings (SSSR count). The molecule has 0 aromatic heterocycles. The minimum absolute atomic E-state index is 0.172. The second-order valence-corrected chi connectivity index (χ2v) is 4.44. The van der Waals surface area contributed by atoms with Crippen molar-refractivity contribution in [2.75, 3.05) is 0 Å². The third-order valence-electron chi connectivity index (χ3n) is 1.97. The van der Waals surface area contributed by atoms with Crippen LogP contribution in [0.5, 0.6) is 0 Å². The summed E-state index contributed by atoms with van der Waals surface area (Å²) in [6, 6.07) is 4.42. The van der Waals surface area contributed by atoms with Crippen molar-refractivity contribution in [2.24, 2.45) is 0 Å². The highest BCUT2D eigenvalue weighted by molar-refractivity contribution is 9.10. The Morgan fingerprint density at radius 2 is 2.00 bits per heavy atom. The lowest BCUT2D eigenvalue weighted by Gasteiger charge is -2.05. The van der Waals surface area contributed by atoms with Gasteiger partial charge in [0.15, 0.2) is 12.1 Å². The fourth-order valence-corrected chi connectivity index (χ4v) is 1.44. The number of Topliss-reactive ketones (excluding diaryl/α,β-unsaturated/α-hetero) is 1. The van der Waals surface area contributed by atoms with Crippen molar-refractivity contribution in [1.82, 2.24) is 0 Å². The van der Waals surface area contributed by atoms with Gasteiger partial charge in [-0.25, -0.2) is 0 Å². The maximum absolute atomic E-state index is 11.6. The molecule has 78 valence electrons. The van der Waals surface area contributed by atoms with Gasteiger partial charge in [-0.1, -0.05) is 22.0 Å². The van der Waals surface area contributed by atoms with Crippen LogP contribution in [0.15, 0.2) is 18.2 Å². The molecule has 0 aliphatic heterocycles. The van der Waals surface area contributed by atoms with Crippen LogP contribution in [-0.2, 0) is 0 Å². The first-order valence-corrected chi connectivity index (χ1v) is 5.24. The number of rotatable bonds is 4. The van der Waals surface area contributed by atoms with E-state index >= 15 is 0 Å². The molecule has 0 saturated carbocycles. The van der Waals surface area contributed by atoms with E-state index in [1.54, 1.807) is 6.92 Å². The van der Waals surface area contributed by atoms with Crippen LogP contribution in [0.4, 0.5) is 0 Å². The highest BCUT2D eigenvalue weighted by Crippen LogP contribution is 2.14. The SMILES string of the molecule is CC(Br)C(=O)c1ccc(C=O)cc1C=O. The van der Waals surface area contributed by atoms with E-state index in [4.69, 9.17) is 0 Å². The summed E-state index contributed by atoms with van der Waals surface area (Å²) < 4.78 is 0. The molecule has 1 aromatic carbocycles. The zero-order valence-corrected chi connectivity index (χ0v) is 9.65. The summed E-state index contributed by atoms with van der Waals surface area (Å²) in [6.07, 6.45) is 1.22. The van der Waals surface area contributed by atoms with Crippen molar-refractivity contribution in [3.05, 3.63) is 34.9 Å². The van der Waals surface area contributed by atoms with Gasteiger partial charge >= 0.3 is 0 Å². The van der Waals surface area contributed by atoms with Crippen molar-refractivity contribution < 1.29 is 14.4 Å². The topological polar surface area (TPSA) is 51.2 Å². The molecule has 0 aliphatic carbocycles. The van der Waals surface area contributed by atoms with E-state index in [2.05, 4.69) is 15.9 Å². The Labute approximate surface area is 95.6 Å². The highest BCUT2D eigenvalue weighted by Gasteiger charge is 2.15. The number of hydrogen-bond acceptors (Lipinski definition) is 3. The summed E-state index contributed by atoms with van der Waals surface area (Å²) in [4.78, 5) is 32.5. The fourth-order valence-electron chi connectivity index (χ4n) is 1.19. The quantitative estimate of drug-likeness (QED) is 0.478. The molecule has 0 heterocycles. The minimum Gasteiger partial charge on any atom is -0.298 e. The van der Waals surface area contributed by atoms with Crippen molar-refractivity contribution in [1.29, 1.82) is 0 Å². The van der Waals surface area contributed by atoms with Crippen LogP contribution in [0.25, 0.3) is 0 Å². The largest absolute Gasteiger partial charge is 0.298 e. The van der Waals surface area contributed by atoms with E-state index in [0.29, 0.717) is 23.7 Å². The first kappa shape index (κ1) is 11.8. The summed E-state index contributed by atoms with van der Waals surface area (Å²) in [5.74, 6) is -0.172. The van der Waals surface area contributed by atoms with E-state index < -0.39 is 0 Å². The third kappa shape index (κ3) is 2.59. The molecule has 0 radical (unpaired) electrons. The molecule has 0 aliphatic rings. The Kier molecular flexibility index (Phi) is 3.91. The van der Waals surface area contributed by atoms with E-state index in [-0.39, 0.29) is 16.2 Å². The molecule has 0 amide bonds. The Balaban J connectivity index is 3.24. The number of carbonyl (C=O) groups excluding carboxylic acids is 3. The number of carbonyl (C=O) groups is 3. The molecule has 0 N–H and O–H groups in total. The van der Waals surface area contributed by atoms with Crippen molar-refractivity contribution in [3.63, 3.8) is 0 Å². The van der Waals surface area contributed by atoms with Crippen LogP contribution in [0.3, 0.4) is 0 Å². The maximum atomic E-state index is 11.6. The van der Waals surface area contributed by atoms with Crippen LogP contribution in [0.1, 0.15) is 38.0 Å². The predicted octanol–water partition coefficient (Wildman–Crippen LogP) is 2.28. The molecule has 15 heavy (non-hydrogen) atoms. The molecule has 1 aromatic rings. The van der Waals surface area contributed by atoms with Gasteiger partial charge in [0.25, 0.3) is 0 Å². The maximum Gasteiger partial charge on any atom is 0.176 e. The molecule has 0 bridgehead atoms. The van der Waals surface area contributed by atoms with Gasteiger partial charge < -0.3 is 0 Å². The lowest BCUT2D eigenvalue weighted by atomic mass is 10.0. The van der Waals surface area contributed by atoms with Crippen molar-refractivity contribution >= 4 is 34.3 Å². The van der Waals surface area contributed by atoms with Gasteiger partial charge in [0.2, 0.25) is 0 Å². The first-order valence-electron chi connectivity index (χ1n) is 4.33. The van der Waals surface area contributed by atoms with Crippen LogP contribution >= 0.6 is 15.9 Å². The lowest BCUT2D eigenvalue weighted by molar-refractivity contribution is 0.0988. The van der Waals surface area contributed by atoms with Crippen LogP contribution in [0.2, 0.25) is 0 Å². The summed E-state index contributed by atoms with van der Waals surface area (Å²) in [5.41, 5.74) is 0.965. The number of aldehydes is 2. The predicted molar refractivity (Wildman–Crippen MR) is 59.9 cm³/mol. The summed E-state index contributed by atoms with van der Waals surface area (Å²) >= 11 is 3.14. The Bertz CT molecular complexity index is 410. The van der Waals surface area contributed by atoms with Crippen molar-refractivity contribution in [3.8, 4) is 0 Å². The van der Waals surface area contributed by atoms with Gasteiger partial charge in [-0.05, 0) is 19.1 Å². The minimum atomic E-state index is -0.349. The lowest BCUT2D eigenvalue weighted by Crippen LogP contribution is -2.12. The van der Waals surface area contributed by atoms with E-state index in [1.165, 1.54) is 18.2 Å². The van der Waals surface area contributed by atoms with Gasteiger partial charge in [0.05, 0.1) is 4.83 Å². The second-order valence-electron chi connectivity index (χ2n) is 3.06. The van der Waals surface area contributed by atoms with E-state index in [1.807, 2.05) is 0 Å². The van der Waals surface area contributed by atoms with Gasteiger partial charge in [-0.3, -0.25) is 14.4 Å². The normalized spacial score (nSPS) is 11.9. The zero-order valence-electron chi connectivity index (χ0n) is 8.07. The highest BCUT2D eigenvalue weighted by atomic mass is 79.9. The number of halogens is 1. The molecule has 3 nitrogen and oxygen atoms in total. The second kappa shape index (κ2) is 4.98. The van der Waals surface area contributed by atoms with Crippen molar-refractivity contribution in [2.45, 2.75) is 11.8 Å². The van der Waals surface area contributed by atoms with Gasteiger partial charge in [0, 0.05) is 16.7 Å². The monoisotopic (exact) mass is 268 g/mol. The first-order chi connectivity index (χ1) is 7.10. The molecule has 0 fully saturated rings. The number of alkyl halides is 1. The van der Waals surface area contributed by atoms with Gasteiger partial charge in [0.1, 0.15) is 6.29 Å². The zero-order chi connectivity index (χ0) is 11.4. The number of hydrogen-bond donors (Lipinski definition) is 0. The molecule has 1 atom stereocenters. The summed E-state index contributed by atoms with van der Waals surface area (Å²) in [7, 11) is 0. The molecular weight excluding hydrogens is 260 g/mol. The van der Waals surface area contributed by atoms with E-state index in [0.717, 1.165) is 0 Å². The summed E-state index contributed by atoms with van der Waals surface area (Å²) in [6.45, 7) is 1.69. The number of benzene rings is 1. The smallest absolute Gasteiger partial charge is 0.176 e.